The number of aryl methyl sites for hydroxylation is 1. The highest BCUT2D eigenvalue weighted by Crippen LogP contribution is 2.35. The summed E-state index contributed by atoms with van der Waals surface area (Å²) in [5.74, 6) is 7.02. The molecule has 194 valence electrons. The molecule has 0 saturated heterocycles. The van der Waals surface area contributed by atoms with Crippen LogP contribution in [0.3, 0.4) is 0 Å². The number of halogens is 3. The number of hydrogen-bond donors (Lipinski definition) is 0. The van der Waals surface area contributed by atoms with Crippen LogP contribution in [0.2, 0.25) is 0 Å². The molecular weight excluding hydrogens is 473 g/mol. The van der Waals surface area contributed by atoms with Crippen molar-refractivity contribution < 1.29 is 36.9 Å². The molecule has 8 heteroatoms. The zero-order valence-electron chi connectivity index (χ0n) is 20.9. The van der Waals surface area contributed by atoms with Crippen LogP contribution in [0.25, 0.3) is 0 Å². The molecule has 0 aliphatic heterocycles. The second-order valence-electron chi connectivity index (χ2n) is 9.19. The van der Waals surface area contributed by atoms with Gasteiger partial charge in [-0.15, -0.1) is 13.2 Å². The number of esters is 1. The summed E-state index contributed by atoms with van der Waals surface area (Å²) in [6.45, 7) is 7.24. The predicted molar refractivity (Wildman–Crippen MR) is 129 cm³/mol. The van der Waals surface area contributed by atoms with Gasteiger partial charge in [0.15, 0.2) is 5.60 Å². The van der Waals surface area contributed by atoms with Gasteiger partial charge in [0.05, 0.1) is 6.61 Å². The van der Waals surface area contributed by atoms with Gasteiger partial charge in [-0.2, -0.15) is 0 Å². The van der Waals surface area contributed by atoms with Crippen molar-refractivity contribution in [2.75, 3.05) is 6.61 Å². The topological polar surface area (TPSA) is 54.0 Å². The van der Waals surface area contributed by atoms with Crippen molar-refractivity contribution in [1.29, 1.82) is 0 Å². The van der Waals surface area contributed by atoms with Crippen molar-refractivity contribution in [3.8, 4) is 29.1 Å². The lowest BCUT2D eigenvalue weighted by atomic mass is 9.80. The highest BCUT2D eigenvalue weighted by atomic mass is 19.4. The van der Waals surface area contributed by atoms with E-state index in [1.165, 1.54) is 24.3 Å². The van der Waals surface area contributed by atoms with Gasteiger partial charge in [-0.3, -0.25) is 0 Å². The second-order valence-corrected chi connectivity index (χ2v) is 9.19. The summed E-state index contributed by atoms with van der Waals surface area (Å²) in [6.07, 6.45) is -1.08. The van der Waals surface area contributed by atoms with E-state index >= 15 is 0 Å². The number of carbonyl (C=O) groups is 1. The Bertz CT molecular complexity index is 1090. The fraction of sp³-hybridized carbons (Fsp3) is 0.464. The summed E-state index contributed by atoms with van der Waals surface area (Å²) in [5, 5.41) is 0. The van der Waals surface area contributed by atoms with Gasteiger partial charge in [0.1, 0.15) is 23.4 Å². The number of carbonyl (C=O) groups excluding carboxylic acids is 1. The molecule has 0 heterocycles. The molecule has 1 aliphatic carbocycles. The van der Waals surface area contributed by atoms with Crippen LogP contribution in [-0.2, 0) is 9.53 Å². The molecule has 0 bridgehead atoms. The van der Waals surface area contributed by atoms with Crippen LogP contribution >= 0.6 is 0 Å². The maximum absolute atomic E-state index is 12.3. The summed E-state index contributed by atoms with van der Waals surface area (Å²) in [7, 11) is 0. The molecule has 1 fully saturated rings. The molecular formula is C28H31F3O5. The lowest BCUT2D eigenvalue weighted by Crippen LogP contribution is -2.39. The van der Waals surface area contributed by atoms with E-state index in [0.29, 0.717) is 29.4 Å². The second kappa shape index (κ2) is 11.6. The van der Waals surface area contributed by atoms with E-state index in [9.17, 15) is 18.0 Å². The third-order valence-corrected chi connectivity index (χ3v) is 5.87. The minimum Gasteiger partial charge on any atom is -0.489 e. The average Bonchev–Trinajstić information content (AvgIpc) is 2.74. The smallest absolute Gasteiger partial charge is 0.489 e. The van der Waals surface area contributed by atoms with Gasteiger partial charge in [0.25, 0.3) is 0 Å². The first-order valence-electron chi connectivity index (χ1n) is 11.9. The van der Waals surface area contributed by atoms with Crippen molar-refractivity contribution in [3.05, 3.63) is 53.6 Å². The molecule has 0 N–H and O–H groups in total. The Morgan fingerprint density at radius 1 is 1.06 bits per heavy atom. The van der Waals surface area contributed by atoms with E-state index in [1.807, 2.05) is 19.1 Å². The quantitative estimate of drug-likeness (QED) is 0.284. The Hall–Kier alpha value is -3.34. The average molecular weight is 505 g/mol. The SMILES string of the molecule is CCOC(=O)C(C)(C)Oc1ccc(OC(CC#Cc2ccc(OC(F)(F)F)cc2)C2CCC2)cc1C. The molecule has 3 rings (SSSR count). The third-order valence-electron chi connectivity index (χ3n) is 5.87. The van der Waals surface area contributed by atoms with Gasteiger partial charge in [0, 0.05) is 12.0 Å². The van der Waals surface area contributed by atoms with Crippen LogP contribution in [0.1, 0.15) is 57.6 Å². The minimum atomic E-state index is -4.72. The summed E-state index contributed by atoms with van der Waals surface area (Å²) in [5.41, 5.74) is 0.299. The van der Waals surface area contributed by atoms with Crippen molar-refractivity contribution in [1.82, 2.24) is 0 Å². The van der Waals surface area contributed by atoms with Crippen LogP contribution in [0.15, 0.2) is 42.5 Å². The standard InChI is InChI=1S/C28H31F3O5/c1-5-33-26(32)27(3,4)36-24-17-16-23(18-19(24)2)34-25(21-9-7-10-21)11-6-8-20-12-14-22(15-13-20)35-28(29,30)31/h12-18,21,25H,5,7,9-11H2,1-4H3. The molecule has 0 amide bonds. The van der Waals surface area contributed by atoms with E-state index in [4.69, 9.17) is 14.2 Å². The molecule has 0 spiro atoms. The van der Waals surface area contributed by atoms with Crippen LogP contribution in [0.5, 0.6) is 17.2 Å². The zero-order valence-corrected chi connectivity index (χ0v) is 20.9. The van der Waals surface area contributed by atoms with Gasteiger partial charge in [0.2, 0.25) is 0 Å². The first-order chi connectivity index (χ1) is 17.0. The number of benzene rings is 2. The van der Waals surface area contributed by atoms with E-state index in [-0.39, 0.29) is 18.5 Å². The molecule has 1 atom stereocenters. The maximum atomic E-state index is 12.3. The van der Waals surface area contributed by atoms with Crippen LogP contribution in [0.4, 0.5) is 13.2 Å². The molecule has 2 aromatic carbocycles. The van der Waals surface area contributed by atoms with Gasteiger partial charge >= 0.3 is 12.3 Å². The first-order valence-corrected chi connectivity index (χ1v) is 11.9. The van der Waals surface area contributed by atoms with E-state index in [1.54, 1.807) is 26.8 Å². The number of hydrogen-bond acceptors (Lipinski definition) is 5. The summed E-state index contributed by atoms with van der Waals surface area (Å²) >= 11 is 0. The minimum absolute atomic E-state index is 0.110. The molecule has 1 aliphatic rings. The van der Waals surface area contributed by atoms with Crippen molar-refractivity contribution >= 4 is 5.97 Å². The molecule has 1 saturated carbocycles. The van der Waals surface area contributed by atoms with E-state index in [2.05, 4.69) is 16.6 Å². The Labute approximate surface area is 209 Å². The number of ether oxygens (including phenoxy) is 4. The van der Waals surface area contributed by atoms with Crippen LogP contribution in [0, 0.1) is 24.7 Å². The molecule has 5 nitrogen and oxygen atoms in total. The molecule has 0 radical (unpaired) electrons. The highest BCUT2D eigenvalue weighted by molar-refractivity contribution is 5.79. The summed E-state index contributed by atoms with van der Waals surface area (Å²) in [4.78, 5) is 12.1. The summed E-state index contributed by atoms with van der Waals surface area (Å²) in [6, 6.07) is 10.9. The van der Waals surface area contributed by atoms with Crippen molar-refractivity contribution in [3.63, 3.8) is 0 Å². The lowest BCUT2D eigenvalue weighted by molar-refractivity contribution is -0.274. The Kier molecular flexibility index (Phi) is 8.78. The first kappa shape index (κ1) is 27.3. The normalized spacial score (nSPS) is 14.6. The van der Waals surface area contributed by atoms with Gasteiger partial charge < -0.3 is 18.9 Å². The molecule has 36 heavy (non-hydrogen) atoms. The summed E-state index contributed by atoms with van der Waals surface area (Å²) < 4.78 is 58.1. The van der Waals surface area contributed by atoms with Crippen molar-refractivity contribution in [2.24, 2.45) is 5.92 Å². The van der Waals surface area contributed by atoms with Crippen molar-refractivity contribution in [2.45, 2.75) is 71.4 Å². The predicted octanol–water partition coefficient (Wildman–Crippen LogP) is 6.60. The maximum Gasteiger partial charge on any atom is 0.573 e. The van der Waals surface area contributed by atoms with Crippen LogP contribution in [-0.4, -0.2) is 30.6 Å². The molecule has 0 aromatic heterocycles. The Morgan fingerprint density at radius 3 is 2.28 bits per heavy atom. The molecule has 2 aromatic rings. The highest BCUT2D eigenvalue weighted by Gasteiger charge is 2.33. The number of alkyl halides is 3. The Morgan fingerprint density at radius 2 is 1.72 bits per heavy atom. The number of rotatable bonds is 9. The lowest BCUT2D eigenvalue weighted by Gasteiger charge is -2.33. The Balaban J connectivity index is 1.64. The van der Waals surface area contributed by atoms with E-state index in [0.717, 1.165) is 24.8 Å². The van der Waals surface area contributed by atoms with E-state index < -0.39 is 17.9 Å². The van der Waals surface area contributed by atoms with Gasteiger partial charge in [-0.25, -0.2) is 4.79 Å². The largest absolute Gasteiger partial charge is 0.573 e. The molecule has 1 unspecified atom stereocenters. The van der Waals surface area contributed by atoms with Gasteiger partial charge in [-0.1, -0.05) is 18.3 Å². The zero-order chi connectivity index (χ0) is 26.3. The third kappa shape index (κ3) is 7.84. The van der Waals surface area contributed by atoms with Gasteiger partial charge in [-0.05, 0) is 94.5 Å². The fourth-order valence-electron chi connectivity index (χ4n) is 3.72. The fourth-order valence-corrected chi connectivity index (χ4v) is 3.72. The van der Waals surface area contributed by atoms with Crippen LogP contribution < -0.4 is 14.2 Å². The monoisotopic (exact) mass is 504 g/mol.